The van der Waals surface area contributed by atoms with Gasteiger partial charge in [-0.05, 0) is 65.9 Å². The molecule has 1 N–H and O–H groups in total. The number of aliphatic hydroxyl groups excluding tert-OH is 1. The van der Waals surface area contributed by atoms with Crippen LogP contribution in [0.25, 0.3) is 0 Å². The van der Waals surface area contributed by atoms with Gasteiger partial charge in [-0.1, -0.05) is 6.07 Å². The van der Waals surface area contributed by atoms with Crippen LogP contribution in [0.1, 0.15) is 18.6 Å². The first-order chi connectivity index (χ1) is 8.56. The topological polar surface area (TPSA) is 29.5 Å². The van der Waals surface area contributed by atoms with E-state index in [-0.39, 0.29) is 5.82 Å². The van der Waals surface area contributed by atoms with E-state index in [2.05, 4.69) is 22.6 Å². The quantitative estimate of drug-likeness (QED) is 0.831. The van der Waals surface area contributed by atoms with Crippen LogP contribution in [0.15, 0.2) is 42.5 Å². The summed E-state index contributed by atoms with van der Waals surface area (Å²) >= 11 is 2.19. The molecule has 2 aromatic rings. The highest BCUT2D eigenvalue weighted by Gasteiger charge is 2.11. The van der Waals surface area contributed by atoms with E-state index in [1.54, 1.807) is 6.92 Å². The predicted molar refractivity (Wildman–Crippen MR) is 76.3 cm³/mol. The molecule has 0 aliphatic carbocycles. The second-order valence-corrected chi connectivity index (χ2v) is 5.16. The summed E-state index contributed by atoms with van der Waals surface area (Å²) in [5, 5.41) is 9.61. The van der Waals surface area contributed by atoms with Gasteiger partial charge in [-0.25, -0.2) is 4.39 Å². The maximum atomic E-state index is 13.1. The normalized spacial score (nSPS) is 12.2. The van der Waals surface area contributed by atoms with Gasteiger partial charge in [0.05, 0.1) is 6.10 Å². The zero-order chi connectivity index (χ0) is 13.1. The van der Waals surface area contributed by atoms with Crippen LogP contribution in [0, 0.1) is 9.39 Å². The second-order valence-electron chi connectivity index (χ2n) is 3.92. The molecule has 4 heteroatoms. The number of rotatable bonds is 3. The minimum atomic E-state index is -0.779. The highest BCUT2D eigenvalue weighted by atomic mass is 127. The Morgan fingerprint density at radius 2 is 2.00 bits per heavy atom. The standard InChI is InChI=1S/C14H12FIO2/c1-9(17)13-7-10(15)5-6-14(13)18-12-4-2-3-11(16)8-12/h2-9,17H,1H3. The number of aliphatic hydroxyl groups is 1. The molecule has 0 radical (unpaired) electrons. The summed E-state index contributed by atoms with van der Waals surface area (Å²) < 4.78 is 19.9. The fourth-order valence-corrected chi connectivity index (χ4v) is 2.11. The highest BCUT2D eigenvalue weighted by Crippen LogP contribution is 2.30. The van der Waals surface area contributed by atoms with E-state index >= 15 is 0 Å². The zero-order valence-corrected chi connectivity index (χ0v) is 11.9. The lowest BCUT2D eigenvalue weighted by atomic mass is 10.1. The Morgan fingerprint density at radius 3 is 2.67 bits per heavy atom. The lowest BCUT2D eigenvalue weighted by Gasteiger charge is -2.13. The molecule has 0 heterocycles. The molecule has 18 heavy (non-hydrogen) atoms. The van der Waals surface area contributed by atoms with Gasteiger partial charge >= 0.3 is 0 Å². The molecule has 0 spiro atoms. The highest BCUT2D eigenvalue weighted by molar-refractivity contribution is 14.1. The minimum absolute atomic E-state index is 0.388. The van der Waals surface area contributed by atoms with Gasteiger partial charge in [0.2, 0.25) is 0 Å². The van der Waals surface area contributed by atoms with E-state index in [1.807, 2.05) is 24.3 Å². The summed E-state index contributed by atoms with van der Waals surface area (Å²) in [5.74, 6) is 0.740. The van der Waals surface area contributed by atoms with Crippen molar-refractivity contribution in [3.8, 4) is 11.5 Å². The summed E-state index contributed by atoms with van der Waals surface area (Å²) in [7, 11) is 0. The van der Waals surface area contributed by atoms with E-state index in [1.165, 1.54) is 18.2 Å². The van der Waals surface area contributed by atoms with Gasteiger partial charge in [0, 0.05) is 9.13 Å². The van der Waals surface area contributed by atoms with E-state index in [4.69, 9.17) is 4.74 Å². The monoisotopic (exact) mass is 358 g/mol. The molecule has 1 atom stereocenters. The van der Waals surface area contributed by atoms with Crippen molar-refractivity contribution in [2.24, 2.45) is 0 Å². The number of hydrogen-bond donors (Lipinski definition) is 1. The van der Waals surface area contributed by atoms with Gasteiger partial charge in [0.25, 0.3) is 0 Å². The molecule has 2 rings (SSSR count). The van der Waals surface area contributed by atoms with Crippen LogP contribution in [0.2, 0.25) is 0 Å². The molecule has 94 valence electrons. The van der Waals surface area contributed by atoms with Crippen LogP contribution >= 0.6 is 22.6 Å². The molecule has 0 aromatic heterocycles. The molecule has 0 aliphatic heterocycles. The molecule has 0 bridgehead atoms. The molecular formula is C14H12FIO2. The Kier molecular flexibility index (Phi) is 4.19. The average molecular weight is 358 g/mol. The van der Waals surface area contributed by atoms with Gasteiger partial charge < -0.3 is 9.84 Å². The van der Waals surface area contributed by atoms with E-state index in [9.17, 15) is 9.50 Å². The third-order valence-electron chi connectivity index (χ3n) is 2.45. The lowest BCUT2D eigenvalue weighted by Crippen LogP contribution is -1.97. The predicted octanol–water partition coefficient (Wildman–Crippen LogP) is 4.28. The third-order valence-corrected chi connectivity index (χ3v) is 3.12. The van der Waals surface area contributed by atoms with Crippen LogP contribution < -0.4 is 4.74 Å². The maximum Gasteiger partial charge on any atom is 0.133 e. The van der Waals surface area contributed by atoms with E-state index < -0.39 is 6.10 Å². The number of ether oxygens (including phenoxy) is 1. The van der Waals surface area contributed by atoms with Crippen molar-refractivity contribution in [1.29, 1.82) is 0 Å². The summed E-state index contributed by atoms with van der Waals surface area (Å²) in [6, 6.07) is 11.6. The Balaban J connectivity index is 2.34. The third kappa shape index (κ3) is 3.20. The fourth-order valence-electron chi connectivity index (χ4n) is 1.60. The first kappa shape index (κ1) is 13.3. The van der Waals surface area contributed by atoms with Gasteiger partial charge in [-0.15, -0.1) is 0 Å². The number of halogens is 2. The van der Waals surface area contributed by atoms with Crippen molar-refractivity contribution >= 4 is 22.6 Å². The van der Waals surface area contributed by atoms with E-state index in [0.717, 1.165) is 3.57 Å². The summed E-state index contributed by atoms with van der Waals surface area (Å²) in [5.41, 5.74) is 0.439. The second kappa shape index (κ2) is 5.67. The van der Waals surface area contributed by atoms with E-state index in [0.29, 0.717) is 17.1 Å². The van der Waals surface area contributed by atoms with Crippen LogP contribution in [0.3, 0.4) is 0 Å². The summed E-state index contributed by atoms with van der Waals surface area (Å²) in [6.45, 7) is 1.58. The van der Waals surface area contributed by atoms with Gasteiger partial charge in [0.1, 0.15) is 17.3 Å². The van der Waals surface area contributed by atoms with Crippen molar-refractivity contribution in [2.45, 2.75) is 13.0 Å². The maximum absolute atomic E-state index is 13.1. The summed E-state index contributed by atoms with van der Waals surface area (Å²) in [4.78, 5) is 0. The Labute approximate surface area is 119 Å². The number of hydrogen-bond acceptors (Lipinski definition) is 2. The largest absolute Gasteiger partial charge is 0.457 e. The molecule has 2 nitrogen and oxygen atoms in total. The molecule has 0 fully saturated rings. The zero-order valence-electron chi connectivity index (χ0n) is 9.73. The molecule has 0 aliphatic rings. The Bertz CT molecular complexity index is 555. The molecular weight excluding hydrogens is 346 g/mol. The van der Waals surface area contributed by atoms with Crippen molar-refractivity contribution in [3.63, 3.8) is 0 Å². The molecule has 1 unspecified atom stereocenters. The molecule has 0 amide bonds. The van der Waals surface area contributed by atoms with Crippen molar-refractivity contribution in [3.05, 3.63) is 57.4 Å². The lowest BCUT2D eigenvalue weighted by molar-refractivity contribution is 0.195. The Morgan fingerprint density at radius 1 is 1.22 bits per heavy atom. The molecule has 0 saturated carbocycles. The van der Waals surface area contributed by atoms with Gasteiger partial charge in [-0.3, -0.25) is 0 Å². The van der Waals surface area contributed by atoms with Crippen molar-refractivity contribution in [2.75, 3.05) is 0 Å². The first-order valence-corrected chi connectivity index (χ1v) is 6.55. The van der Waals surface area contributed by atoms with Crippen LogP contribution in [0.5, 0.6) is 11.5 Å². The smallest absolute Gasteiger partial charge is 0.133 e. The summed E-state index contributed by atoms with van der Waals surface area (Å²) in [6.07, 6.45) is -0.779. The molecule has 2 aromatic carbocycles. The van der Waals surface area contributed by atoms with Crippen LogP contribution in [-0.4, -0.2) is 5.11 Å². The van der Waals surface area contributed by atoms with Crippen LogP contribution in [0.4, 0.5) is 4.39 Å². The molecule has 0 saturated heterocycles. The Hall–Kier alpha value is -1.14. The number of benzene rings is 2. The minimum Gasteiger partial charge on any atom is -0.457 e. The average Bonchev–Trinajstić information content (AvgIpc) is 2.31. The fraction of sp³-hybridized carbons (Fsp3) is 0.143. The SMILES string of the molecule is CC(O)c1cc(F)ccc1Oc1cccc(I)c1. The van der Waals surface area contributed by atoms with Gasteiger partial charge in [-0.2, -0.15) is 0 Å². The van der Waals surface area contributed by atoms with Gasteiger partial charge in [0.15, 0.2) is 0 Å². The van der Waals surface area contributed by atoms with Crippen molar-refractivity contribution < 1.29 is 14.2 Å². The first-order valence-electron chi connectivity index (χ1n) is 5.47. The van der Waals surface area contributed by atoms with Crippen molar-refractivity contribution in [1.82, 2.24) is 0 Å². The van der Waals surface area contributed by atoms with Crippen LogP contribution in [-0.2, 0) is 0 Å².